The lowest BCUT2D eigenvalue weighted by molar-refractivity contribution is -0.0426. The summed E-state index contributed by atoms with van der Waals surface area (Å²) in [7, 11) is -5.72. The van der Waals surface area contributed by atoms with Gasteiger partial charge < -0.3 is 4.74 Å². The van der Waals surface area contributed by atoms with Gasteiger partial charge in [0, 0.05) is 38.9 Å². The molecule has 1 saturated heterocycles. The molecule has 2 aliphatic rings. The van der Waals surface area contributed by atoms with Gasteiger partial charge in [0.05, 0.1) is 10.5 Å². The molecule has 12 heteroatoms. The summed E-state index contributed by atoms with van der Waals surface area (Å²) < 4.78 is 70.0. The van der Waals surface area contributed by atoms with E-state index in [0.29, 0.717) is 33.4 Å². The Balaban J connectivity index is 1.50. The van der Waals surface area contributed by atoms with Gasteiger partial charge in [-0.3, -0.25) is 14.5 Å². The number of carbonyl (C=O) groups is 2. The van der Waals surface area contributed by atoms with E-state index < -0.39 is 38.2 Å². The van der Waals surface area contributed by atoms with E-state index in [2.05, 4.69) is 4.90 Å². The molecule has 42 heavy (non-hydrogen) atoms. The smallest absolute Gasteiger partial charge is 0.492 e. The Hall–Kier alpha value is -2.99. The number of ether oxygens (including phenoxy) is 1. The largest absolute Gasteiger partial charge is 0.501 e. The highest BCUT2D eigenvalue weighted by Crippen LogP contribution is 2.45. The number of halogens is 4. The van der Waals surface area contributed by atoms with Gasteiger partial charge in [0.2, 0.25) is 0 Å². The van der Waals surface area contributed by atoms with Crippen molar-refractivity contribution in [3.05, 3.63) is 79.5 Å². The number of ketones is 2. The normalized spacial score (nSPS) is 16.2. The van der Waals surface area contributed by atoms with Crippen LogP contribution in [0.25, 0.3) is 16.5 Å². The minimum atomic E-state index is -5.72. The predicted octanol–water partition coefficient (Wildman–Crippen LogP) is 7.33. The molecule has 0 radical (unpaired) electrons. The molecule has 0 bridgehead atoms. The third-order valence-corrected chi connectivity index (χ3v) is 10.6. The summed E-state index contributed by atoms with van der Waals surface area (Å²) in [4.78, 5) is 28.8. The molecular formula is C30H27ClF3NO5S2. The van der Waals surface area contributed by atoms with Crippen LogP contribution < -0.4 is 4.74 Å². The molecule has 6 nitrogen and oxygen atoms in total. The lowest BCUT2D eigenvalue weighted by Gasteiger charge is -2.26. The monoisotopic (exact) mass is 637 g/mol. The molecule has 0 N–H and O–H groups in total. The van der Waals surface area contributed by atoms with Crippen LogP contribution in [-0.2, 0) is 9.84 Å². The first-order valence-electron chi connectivity index (χ1n) is 13.3. The molecule has 2 aromatic carbocycles. The Morgan fingerprint density at radius 3 is 2.40 bits per heavy atom. The van der Waals surface area contributed by atoms with Crippen molar-refractivity contribution in [3.63, 3.8) is 0 Å². The van der Waals surface area contributed by atoms with E-state index in [4.69, 9.17) is 16.3 Å². The molecule has 1 aromatic heterocycles. The zero-order valence-electron chi connectivity index (χ0n) is 22.6. The summed E-state index contributed by atoms with van der Waals surface area (Å²) in [5, 5.41) is 0.471. The second kappa shape index (κ2) is 11.9. The number of nitrogens with zero attached hydrogens (tertiary/aromatic N) is 1. The van der Waals surface area contributed by atoms with Gasteiger partial charge >= 0.3 is 5.51 Å². The third-order valence-electron chi connectivity index (χ3n) is 7.38. The Morgan fingerprint density at radius 1 is 1.07 bits per heavy atom. The maximum atomic E-state index is 13.9. The van der Waals surface area contributed by atoms with Crippen molar-refractivity contribution >= 4 is 50.4 Å². The van der Waals surface area contributed by atoms with Crippen LogP contribution >= 0.6 is 22.9 Å². The number of aryl methyl sites for hydroxylation is 1. The van der Waals surface area contributed by atoms with Crippen molar-refractivity contribution in [1.29, 1.82) is 0 Å². The molecule has 0 spiro atoms. The molecule has 1 aliphatic heterocycles. The van der Waals surface area contributed by atoms with Gasteiger partial charge in [-0.25, -0.2) is 8.42 Å². The number of piperidine rings is 1. The molecule has 5 rings (SSSR count). The van der Waals surface area contributed by atoms with E-state index in [1.165, 1.54) is 19.3 Å². The average Bonchev–Trinajstić information content (AvgIpc) is 3.35. The van der Waals surface area contributed by atoms with Crippen LogP contribution in [-0.4, -0.2) is 56.6 Å². The SMILES string of the molecule is Cc1cc(-c2sc3c(c2C(=O)c2ccc(OCCN4CCCCC4)cc2)C(=O)CC(S(=O)(=O)C(F)(F)F)=C3)ccc1Cl. The molecule has 1 fully saturated rings. The van der Waals surface area contributed by atoms with Crippen molar-refractivity contribution in [2.45, 2.75) is 38.1 Å². The number of likely N-dealkylation sites (tertiary alicyclic amines) is 1. The van der Waals surface area contributed by atoms with Gasteiger partial charge in [0.15, 0.2) is 11.6 Å². The summed E-state index contributed by atoms with van der Waals surface area (Å²) in [5.74, 6) is -0.811. The number of hydrogen-bond donors (Lipinski definition) is 0. The molecule has 0 amide bonds. The zero-order valence-corrected chi connectivity index (χ0v) is 25.0. The molecule has 0 atom stereocenters. The third kappa shape index (κ3) is 6.06. The first-order chi connectivity index (χ1) is 19.9. The number of benzene rings is 2. The molecule has 2 heterocycles. The van der Waals surface area contributed by atoms with Crippen LogP contribution in [0.5, 0.6) is 5.75 Å². The first-order valence-corrected chi connectivity index (χ1v) is 16.0. The van der Waals surface area contributed by atoms with Crippen molar-refractivity contribution < 1.29 is 35.9 Å². The highest BCUT2D eigenvalue weighted by atomic mass is 35.5. The number of sulfone groups is 1. The van der Waals surface area contributed by atoms with Crippen LogP contribution in [0.4, 0.5) is 13.2 Å². The highest BCUT2D eigenvalue weighted by Gasteiger charge is 2.49. The van der Waals surface area contributed by atoms with Gasteiger partial charge in [-0.15, -0.1) is 11.3 Å². The van der Waals surface area contributed by atoms with E-state index in [1.807, 2.05) is 0 Å². The number of fused-ring (bicyclic) bond motifs is 1. The Labute approximate surface area is 250 Å². The maximum absolute atomic E-state index is 13.9. The number of carbonyl (C=O) groups excluding carboxylic acids is 2. The summed E-state index contributed by atoms with van der Waals surface area (Å²) in [6.07, 6.45) is 3.47. The highest BCUT2D eigenvalue weighted by molar-refractivity contribution is 7.96. The van der Waals surface area contributed by atoms with Crippen LogP contribution in [0.1, 0.15) is 62.4 Å². The lowest BCUT2D eigenvalue weighted by Crippen LogP contribution is -2.33. The van der Waals surface area contributed by atoms with Gasteiger partial charge in [-0.1, -0.05) is 24.1 Å². The van der Waals surface area contributed by atoms with E-state index in [0.717, 1.165) is 37.0 Å². The Kier molecular flexibility index (Phi) is 8.67. The Morgan fingerprint density at radius 2 is 1.76 bits per heavy atom. The van der Waals surface area contributed by atoms with Gasteiger partial charge in [-0.2, -0.15) is 13.2 Å². The van der Waals surface area contributed by atoms with Crippen molar-refractivity contribution in [2.75, 3.05) is 26.2 Å². The maximum Gasteiger partial charge on any atom is 0.501 e. The van der Waals surface area contributed by atoms with Crippen LogP contribution in [0, 0.1) is 6.92 Å². The zero-order chi connectivity index (χ0) is 30.2. The van der Waals surface area contributed by atoms with E-state index >= 15 is 0 Å². The minimum absolute atomic E-state index is 0.0141. The van der Waals surface area contributed by atoms with Crippen molar-refractivity contribution in [2.24, 2.45) is 0 Å². The fraction of sp³-hybridized carbons (Fsp3) is 0.333. The standard InChI is InChI=1S/C30H27ClF3NO5S2/c1-18-15-20(7-10-23(18)31)29-27(26-24(36)16-22(17-25(26)41-29)42(38,39)30(32,33)34)28(37)19-5-8-21(9-6-19)40-14-13-35-11-3-2-4-12-35/h5-10,15,17H,2-4,11-14,16H2,1H3. The number of allylic oxidation sites excluding steroid dienone is 1. The number of rotatable bonds is 8. The second-order valence-electron chi connectivity index (χ2n) is 10.3. The number of hydrogen-bond acceptors (Lipinski definition) is 7. The average molecular weight is 638 g/mol. The van der Waals surface area contributed by atoms with Crippen LogP contribution in [0.15, 0.2) is 47.4 Å². The van der Waals surface area contributed by atoms with E-state index in [-0.39, 0.29) is 21.6 Å². The van der Waals surface area contributed by atoms with Crippen LogP contribution in [0.3, 0.4) is 0 Å². The lowest BCUT2D eigenvalue weighted by atomic mass is 9.91. The predicted molar refractivity (Wildman–Crippen MR) is 157 cm³/mol. The Bertz CT molecular complexity index is 1670. The molecule has 0 unspecified atom stereocenters. The topological polar surface area (TPSA) is 80.8 Å². The summed E-state index contributed by atoms with van der Waals surface area (Å²) in [6, 6.07) is 11.4. The molecule has 222 valence electrons. The van der Waals surface area contributed by atoms with Crippen molar-refractivity contribution in [1.82, 2.24) is 4.90 Å². The number of thiophene rings is 1. The van der Waals surface area contributed by atoms with E-state index in [9.17, 15) is 31.2 Å². The summed E-state index contributed by atoms with van der Waals surface area (Å²) in [6.45, 7) is 5.15. The van der Waals surface area contributed by atoms with Crippen LogP contribution in [0.2, 0.25) is 5.02 Å². The fourth-order valence-electron chi connectivity index (χ4n) is 5.12. The fourth-order valence-corrected chi connectivity index (χ4v) is 7.48. The molecule has 3 aromatic rings. The van der Waals surface area contributed by atoms with Gasteiger partial charge in [0.1, 0.15) is 12.4 Å². The van der Waals surface area contributed by atoms with E-state index in [1.54, 1.807) is 49.4 Å². The first kappa shape index (κ1) is 30.5. The molecule has 1 aliphatic carbocycles. The quantitative estimate of drug-likeness (QED) is 0.241. The number of Topliss-reactive ketones (excluding diaryl/α,β-unsaturated/α-hetero) is 1. The molecular weight excluding hydrogens is 611 g/mol. The summed E-state index contributed by atoms with van der Waals surface area (Å²) >= 11 is 7.08. The minimum Gasteiger partial charge on any atom is -0.492 e. The van der Waals surface area contributed by atoms with Gasteiger partial charge in [0.25, 0.3) is 9.84 Å². The second-order valence-corrected chi connectivity index (χ2v) is 13.7. The van der Waals surface area contributed by atoms with Gasteiger partial charge in [-0.05, 0) is 86.5 Å². The van der Waals surface area contributed by atoms with Crippen molar-refractivity contribution in [3.8, 4) is 16.2 Å². The number of alkyl halides is 3. The summed E-state index contributed by atoms with van der Waals surface area (Å²) in [5.41, 5.74) is -4.17. The molecule has 0 saturated carbocycles.